The molecule has 0 unspecified atom stereocenters. The van der Waals surface area contributed by atoms with Crippen molar-refractivity contribution < 1.29 is 14.0 Å². The van der Waals surface area contributed by atoms with Crippen molar-refractivity contribution >= 4 is 11.8 Å². The Kier molecular flexibility index (Phi) is 4.46. The largest absolute Gasteiger partial charge is 0.467 e. The Bertz CT molecular complexity index is 667. The first-order valence-corrected chi connectivity index (χ1v) is 7.82. The summed E-state index contributed by atoms with van der Waals surface area (Å²) in [6.07, 6.45) is 2.52. The molecule has 1 N–H and O–H groups in total. The van der Waals surface area contributed by atoms with Crippen LogP contribution in [0.5, 0.6) is 0 Å². The molecule has 2 atom stereocenters. The number of benzene rings is 1. The van der Waals surface area contributed by atoms with Crippen molar-refractivity contribution in [3.63, 3.8) is 0 Å². The number of likely N-dealkylation sites (tertiary alicyclic amines) is 1. The fourth-order valence-corrected chi connectivity index (χ4v) is 2.91. The van der Waals surface area contributed by atoms with E-state index in [1.165, 1.54) is 0 Å². The van der Waals surface area contributed by atoms with Gasteiger partial charge in [-0.2, -0.15) is 0 Å². The summed E-state index contributed by atoms with van der Waals surface area (Å²) in [4.78, 5) is 26.3. The molecule has 1 aliphatic heterocycles. The van der Waals surface area contributed by atoms with E-state index in [4.69, 9.17) is 4.42 Å². The molecule has 5 heteroatoms. The van der Waals surface area contributed by atoms with Gasteiger partial charge in [-0.05, 0) is 31.0 Å². The molecule has 1 fully saturated rings. The maximum Gasteiger partial charge on any atom is 0.243 e. The van der Waals surface area contributed by atoms with Gasteiger partial charge in [-0.15, -0.1) is 0 Å². The molecule has 1 aromatic carbocycles. The fraction of sp³-hybridized carbons (Fsp3) is 0.333. The third kappa shape index (κ3) is 3.44. The van der Waals surface area contributed by atoms with E-state index in [0.717, 1.165) is 5.56 Å². The Morgan fingerprint density at radius 2 is 2.09 bits per heavy atom. The van der Waals surface area contributed by atoms with Gasteiger partial charge in [0.15, 0.2) is 0 Å². The Balaban J connectivity index is 1.67. The van der Waals surface area contributed by atoms with Crippen molar-refractivity contribution in [2.24, 2.45) is 0 Å². The van der Waals surface area contributed by atoms with Gasteiger partial charge in [-0.1, -0.05) is 30.3 Å². The van der Waals surface area contributed by atoms with E-state index in [-0.39, 0.29) is 17.9 Å². The first-order chi connectivity index (χ1) is 11.1. The summed E-state index contributed by atoms with van der Waals surface area (Å²) >= 11 is 0. The molecule has 2 amide bonds. The molecule has 0 aliphatic carbocycles. The van der Waals surface area contributed by atoms with E-state index in [1.807, 2.05) is 43.3 Å². The van der Waals surface area contributed by atoms with Crippen molar-refractivity contribution in [2.75, 3.05) is 0 Å². The number of carbonyl (C=O) groups is 2. The number of hydrogen-bond acceptors (Lipinski definition) is 3. The quantitative estimate of drug-likeness (QED) is 0.923. The highest BCUT2D eigenvalue weighted by Crippen LogP contribution is 2.23. The Hall–Kier alpha value is -2.56. The molecule has 23 heavy (non-hydrogen) atoms. The minimum absolute atomic E-state index is 0.00564. The van der Waals surface area contributed by atoms with Crippen LogP contribution in [0.2, 0.25) is 0 Å². The lowest BCUT2D eigenvalue weighted by atomic mass is 10.1. The first kappa shape index (κ1) is 15.3. The number of nitrogens with one attached hydrogen (secondary N) is 1. The van der Waals surface area contributed by atoms with Crippen LogP contribution in [0, 0.1) is 0 Å². The highest BCUT2D eigenvalue weighted by molar-refractivity contribution is 5.91. The summed E-state index contributed by atoms with van der Waals surface area (Å²) in [6, 6.07) is 12.9. The van der Waals surface area contributed by atoms with Gasteiger partial charge in [0.25, 0.3) is 0 Å². The van der Waals surface area contributed by atoms with E-state index in [2.05, 4.69) is 5.32 Å². The molecular weight excluding hydrogens is 292 g/mol. The molecule has 0 spiro atoms. The van der Waals surface area contributed by atoms with Crippen molar-refractivity contribution in [3.8, 4) is 0 Å². The van der Waals surface area contributed by atoms with Gasteiger partial charge in [0.2, 0.25) is 11.8 Å². The van der Waals surface area contributed by atoms with Crippen molar-refractivity contribution in [1.29, 1.82) is 0 Å². The van der Waals surface area contributed by atoms with Crippen LogP contribution in [-0.2, 0) is 16.1 Å². The monoisotopic (exact) mass is 312 g/mol. The number of hydrogen-bond donors (Lipinski definition) is 1. The third-order valence-electron chi connectivity index (χ3n) is 4.20. The standard InChI is InChI=1S/C18H20N2O3/c1-13(14-6-3-2-4-7-14)19-18(22)16-9-10-17(21)20(16)12-15-8-5-11-23-15/h2-8,11,13,16H,9-10,12H2,1H3,(H,19,22)/t13-,16+/m1/s1. The van der Waals surface area contributed by atoms with E-state index >= 15 is 0 Å². The van der Waals surface area contributed by atoms with E-state index < -0.39 is 6.04 Å². The van der Waals surface area contributed by atoms with Crippen LogP contribution in [0.25, 0.3) is 0 Å². The number of nitrogens with zero attached hydrogens (tertiary/aromatic N) is 1. The van der Waals surface area contributed by atoms with Crippen molar-refractivity contribution in [3.05, 3.63) is 60.1 Å². The summed E-state index contributed by atoms with van der Waals surface area (Å²) in [5.41, 5.74) is 1.04. The predicted octanol–water partition coefficient (Wildman–Crippen LogP) is 2.65. The van der Waals surface area contributed by atoms with Crippen LogP contribution >= 0.6 is 0 Å². The summed E-state index contributed by atoms with van der Waals surface area (Å²) < 4.78 is 5.30. The summed E-state index contributed by atoms with van der Waals surface area (Å²) in [7, 11) is 0. The maximum atomic E-state index is 12.6. The topological polar surface area (TPSA) is 62.6 Å². The Morgan fingerprint density at radius 1 is 1.30 bits per heavy atom. The Labute approximate surface area is 135 Å². The molecule has 3 rings (SSSR count). The molecule has 1 saturated heterocycles. The van der Waals surface area contributed by atoms with Crippen molar-refractivity contribution in [2.45, 2.75) is 38.4 Å². The average molecular weight is 312 g/mol. The summed E-state index contributed by atoms with van der Waals surface area (Å²) in [5.74, 6) is 0.571. The molecule has 1 aromatic heterocycles. The van der Waals surface area contributed by atoms with Gasteiger partial charge in [0, 0.05) is 6.42 Å². The number of amides is 2. The van der Waals surface area contributed by atoms with Gasteiger partial charge >= 0.3 is 0 Å². The number of furan rings is 1. The van der Waals surface area contributed by atoms with Crippen LogP contribution in [0.3, 0.4) is 0 Å². The van der Waals surface area contributed by atoms with Crippen LogP contribution in [0.1, 0.15) is 37.1 Å². The zero-order valence-electron chi connectivity index (χ0n) is 13.1. The van der Waals surface area contributed by atoms with Crippen LogP contribution in [0.15, 0.2) is 53.1 Å². The lowest BCUT2D eigenvalue weighted by molar-refractivity contribution is -0.136. The lowest BCUT2D eigenvalue weighted by Gasteiger charge is -2.25. The molecule has 1 aliphatic rings. The third-order valence-corrected chi connectivity index (χ3v) is 4.20. The van der Waals surface area contributed by atoms with Crippen LogP contribution in [0.4, 0.5) is 0 Å². The van der Waals surface area contributed by atoms with Crippen molar-refractivity contribution in [1.82, 2.24) is 10.2 Å². The molecule has 0 radical (unpaired) electrons. The predicted molar refractivity (Wildman–Crippen MR) is 85.3 cm³/mol. The smallest absolute Gasteiger partial charge is 0.243 e. The first-order valence-electron chi connectivity index (χ1n) is 7.82. The highest BCUT2D eigenvalue weighted by atomic mass is 16.3. The highest BCUT2D eigenvalue weighted by Gasteiger charge is 2.36. The molecule has 0 saturated carbocycles. The van der Waals surface area contributed by atoms with Gasteiger partial charge in [0.05, 0.1) is 18.8 Å². The lowest BCUT2D eigenvalue weighted by Crippen LogP contribution is -2.44. The second kappa shape index (κ2) is 6.69. The van der Waals surface area contributed by atoms with Crippen LogP contribution in [-0.4, -0.2) is 22.8 Å². The number of rotatable bonds is 5. The van der Waals surface area contributed by atoms with Gasteiger partial charge in [-0.3, -0.25) is 9.59 Å². The molecule has 2 aromatic rings. The molecular formula is C18H20N2O3. The second-order valence-corrected chi connectivity index (χ2v) is 5.80. The van der Waals surface area contributed by atoms with Gasteiger partial charge < -0.3 is 14.6 Å². The summed E-state index contributed by atoms with van der Waals surface area (Å²) in [6.45, 7) is 2.28. The van der Waals surface area contributed by atoms with E-state index in [0.29, 0.717) is 25.1 Å². The average Bonchev–Trinajstić information content (AvgIpc) is 3.19. The fourth-order valence-electron chi connectivity index (χ4n) is 2.91. The van der Waals surface area contributed by atoms with Gasteiger partial charge in [-0.25, -0.2) is 0 Å². The van der Waals surface area contributed by atoms with E-state index in [1.54, 1.807) is 17.2 Å². The van der Waals surface area contributed by atoms with Gasteiger partial charge in [0.1, 0.15) is 11.8 Å². The molecule has 2 heterocycles. The molecule has 0 bridgehead atoms. The number of carbonyl (C=O) groups excluding carboxylic acids is 2. The SMILES string of the molecule is C[C@@H](NC(=O)[C@@H]1CCC(=O)N1Cc1ccco1)c1ccccc1. The minimum Gasteiger partial charge on any atom is -0.467 e. The maximum absolute atomic E-state index is 12.6. The zero-order valence-corrected chi connectivity index (χ0v) is 13.1. The second-order valence-electron chi connectivity index (χ2n) is 5.80. The Morgan fingerprint density at radius 3 is 2.78 bits per heavy atom. The molecule has 5 nitrogen and oxygen atoms in total. The molecule has 120 valence electrons. The van der Waals surface area contributed by atoms with Crippen LogP contribution < -0.4 is 5.32 Å². The zero-order chi connectivity index (χ0) is 16.2. The normalized spacial score (nSPS) is 18.9. The minimum atomic E-state index is -0.432. The summed E-state index contributed by atoms with van der Waals surface area (Å²) in [5, 5.41) is 3.00. The van der Waals surface area contributed by atoms with E-state index in [9.17, 15) is 9.59 Å².